The zero-order valence-electron chi connectivity index (χ0n) is 11.3. The summed E-state index contributed by atoms with van der Waals surface area (Å²) in [4.78, 5) is 10.4. The Hall–Kier alpha value is -1.59. The molecule has 1 rings (SSSR count). The summed E-state index contributed by atoms with van der Waals surface area (Å²) in [6.45, 7) is 4.67. The van der Waals surface area contributed by atoms with E-state index in [9.17, 15) is 15.0 Å². The molecule has 0 aliphatic heterocycles. The fraction of sp³-hybridized carbons (Fsp3) is 0.500. The summed E-state index contributed by atoms with van der Waals surface area (Å²) in [5, 5.41) is 23.2. The Kier molecular flexibility index (Phi) is 6.32. The number of hydrogen-bond donors (Lipinski definition) is 2. The molecule has 0 radical (unpaired) electrons. The molecule has 1 aromatic carbocycles. The van der Waals surface area contributed by atoms with E-state index < -0.39 is 12.1 Å². The second-order valence-corrected chi connectivity index (χ2v) is 4.72. The van der Waals surface area contributed by atoms with Crippen molar-refractivity contribution in [2.24, 2.45) is 0 Å². The van der Waals surface area contributed by atoms with Crippen molar-refractivity contribution in [1.29, 1.82) is 0 Å². The molecule has 5 heteroatoms. The summed E-state index contributed by atoms with van der Waals surface area (Å²) in [5.74, 6) is -0.505. The molecule has 0 aliphatic rings. The van der Waals surface area contributed by atoms with Crippen molar-refractivity contribution in [3.8, 4) is 5.75 Å². The Morgan fingerprint density at radius 3 is 2.53 bits per heavy atom. The summed E-state index contributed by atoms with van der Waals surface area (Å²) < 4.78 is 5.41. The quantitative estimate of drug-likeness (QED) is 0.676. The first-order valence-electron chi connectivity index (χ1n) is 6.30. The third kappa shape index (κ3) is 6.79. The van der Waals surface area contributed by atoms with Crippen LogP contribution in [0.2, 0.25) is 0 Å². The van der Waals surface area contributed by atoms with Gasteiger partial charge in [-0.3, -0.25) is 0 Å². The molecule has 0 heterocycles. The van der Waals surface area contributed by atoms with Gasteiger partial charge in [0, 0.05) is 25.0 Å². The predicted octanol–water partition coefficient (Wildman–Crippen LogP) is -0.283. The first-order valence-corrected chi connectivity index (χ1v) is 6.30. The third-order valence-corrected chi connectivity index (χ3v) is 2.48. The SMILES string of the molecule is CC(C)NCC(O)COc1ccc(CC(=O)[O-])cc1. The number of carbonyl (C=O) groups excluding carboxylic acids is 1. The van der Waals surface area contributed by atoms with E-state index in [1.165, 1.54) is 0 Å². The number of ether oxygens (including phenoxy) is 1. The van der Waals surface area contributed by atoms with Gasteiger partial charge >= 0.3 is 0 Å². The minimum atomic E-state index is -1.11. The first-order chi connectivity index (χ1) is 8.97. The molecule has 0 saturated carbocycles. The Labute approximate surface area is 113 Å². The van der Waals surface area contributed by atoms with Crippen molar-refractivity contribution in [3.63, 3.8) is 0 Å². The summed E-state index contributed by atoms with van der Waals surface area (Å²) in [7, 11) is 0. The number of rotatable bonds is 8. The lowest BCUT2D eigenvalue weighted by atomic mass is 10.1. The van der Waals surface area contributed by atoms with Gasteiger partial charge in [-0.1, -0.05) is 26.0 Å². The van der Waals surface area contributed by atoms with Gasteiger partial charge in [0.05, 0.1) is 0 Å². The number of carboxylic acid groups (broad SMARTS) is 1. The van der Waals surface area contributed by atoms with E-state index in [1.54, 1.807) is 24.3 Å². The number of benzene rings is 1. The number of aliphatic hydroxyl groups excluding tert-OH is 1. The lowest BCUT2D eigenvalue weighted by Gasteiger charge is -2.15. The highest BCUT2D eigenvalue weighted by Gasteiger charge is 2.06. The minimum absolute atomic E-state index is 0.110. The van der Waals surface area contributed by atoms with E-state index >= 15 is 0 Å². The maximum Gasteiger partial charge on any atom is 0.119 e. The predicted molar refractivity (Wildman–Crippen MR) is 69.8 cm³/mol. The second kappa shape index (κ2) is 7.76. The van der Waals surface area contributed by atoms with Crippen molar-refractivity contribution in [1.82, 2.24) is 5.32 Å². The number of aliphatic carboxylic acids is 1. The summed E-state index contributed by atoms with van der Waals surface area (Å²) in [6, 6.07) is 7.02. The van der Waals surface area contributed by atoms with E-state index in [2.05, 4.69) is 5.32 Å². The van der Waals surface area contributed by atoms with Crippen molar-refractivity contribution in [3.05, 3.63) is 29.8 Å². The fourth-order valence-corrected chi connectivity index (χ4v) is 1.49. The van der Waals surface area contributed by atoms with Gasteiger partial charge in [0.2, 0.25) is 0 Å². The molecule has 0 aromatic heterocycles. The van der Waals surface area contributed by atoms with Gasteiger partial charge in [0.1, 0.15) is 18.5 Å². The standard InChI is InChI=1S/C14H21NO4/c1-10(2)15-8-12(16)9-19-13-5-3-11(4-6-13)7-14(17)18/h3-6,10,12,15-16H,7-9H2,1-2H3,(H,17,18)/p-1. The van der Waals surface area contributed by atoms with Crippen molar-refractivity contribution in [2.75, 3.05) is 13.2 Å². The Bertz CT molecular complexity index is 389. The highest BCUT2D eigenvalue weighted by atomic mass is 16.5. The molecule has 1 aromatic rings. The highest BCUT2D eigenvalue weighted by Crippen LogP contribution is 2.12. The topological polar surface area (TPSA) is 81.6 Å². The van der Waals surface area contributed by atoms with Crippen LogP contribution in [0.5, 0.6) is 5.75 Å². The van der Waals surface area contributed by atoms with Crippen LogP contribution in [0.4, 0.5) is 0 Å². The van der Waals surface area contributed by atoms with Crippen LogP contribution in [0.25, 0.3) is 0 Å². The molecule has 0 aliphatic carbocycles. The molecule has 0 bridgehead atoms. The van der Waals surface area contributed by atoms with E-state index in [4.69, 9.17) is 4.74 Å². The Morgan fingerprint density at radius 2 is 2.00 bits per heavy atom. The third-order valence-electron chi connectivity index (χ3n) is 2.48. The molecule has 2 N–H and O–H groups in total. The second-order valence-electron chi connectivity index (χ2n) is 4.72. The van der Waals surface area contributed by atoms with Crippen LogP contribution in [0, 0.1) is 0 Å². The van der Waals surface area contributed by atoms with Gasteiger partial charge in [-0.2, -0.15) is 0 Å². The number of hydrogen-bond acceptors (Lipinski definition) is 5. The molecule has 0 amide bonds. The molecule has 0 spiro atoms. The molecular formula is C14H20NO4-. The van der Waals surface area contributed by atoms with Crippen LogP contribution < -0.4 is 15.2 Å². The molecule has 5 nitrogen and oxygen atoms in total. The zero-order chi connectivity index (χ0) is 14.3. The Morgan fingerprint density at radius 1 is 1.37 bits per heavy atom. The normalized spacial score (nSPS) is 12.4. The van der Waals surface area contributed by atoms with Crippen LogP contribution >= 0.6 is 0 Å². The lowest BCUT2D eigenvalue weighted by Crippen LogP contribution is -2.35. The van der Waals surface area contributed by atoms with Crippen LogP contribution in [-0.4, -0.2) is 36.4 Å². The Balaban J connectivity index is 2.35. The molecule has 19 heavy (non-hydrogen) atoms. The number of aliphatic hydroxyl groups is 1. The number of carbonyl (C=O) groups is 1. The van der Waals surface area contributed by atoms with E-state index in [-0.39, 0.29) is 13.0 Å². The lowest BCUT2D eigenvalue weighted by molar-refractivity contribution is -0.304. The average Bonchev–Trinajstić information content (AvgIpc) is 2.35. The zero-order valence-corrected chi connectivity index (χ0v) is 11.3. The number of nitrogens with one attached hydrogen (secondary N) is 1. The van der Waals surface area contributed by atoms with Crippen LogP contribution in [0.1, 0.15) is 19.4 Å². The van der Waals surface area contributed by atoms with Gasteiger partial charge in [0.15, 0.2) is 0 Å². The van der Waals surface area contributed by atoms with Gasteiger partial charge < -0.3 is 25.1 Å². The van der Waals surface area contributed by atoms with Crippen LogP contribution in [0.3, 0.4) is 0 Å². The number of carboxylic acids is 1. The van der Waals surface area contributed by atoms with Gasteiger partial charge in [-0.15, -0.1) is 0 Å². The van der Waals surface area contributed by atoms with Gasteiger partial charge in [-0.05, 0) is 17.7 Å². The van der Waals surface area contributed by atoms with E-state index in [0.717, 1.165) is 0 Å². The maximum absolute atomic E-state index is 10.4. The monoisotopic (exact) mass is 266 g/mol. The van der Waals surface area contributed by atoms with Gasteiger partial charge in [0.25, 0.3) is 0 Å². The smallest absolute Gasteiger partial charge is 0.119 e. The molecule has 0 fully saturated rings. The fourth-order valence-electron chi connectivity index (χ4n) is 1.49. The van der Waals surface area contributed by atoms with E-state index in [0.29, 0.717) is 23.9 Å². The average molecular weight is 266 g/mol. The largest absolute Gasteiger partial charge is 0.550 e. The van der Waals surface area contributed by atoms with Crippen LogP contribution in [0.15, 0.2) is 24.3 Å². The molecule has 1 unspecified atom stereocenters. The summed E-state index contributed by atoms with van der Waals surface area (Å²) >= 11 is 0. The summed E-state index contributed by atoms with van der Waals surface area (Å²) in [5.41, 5.74) is 0.661. The molecule has 106 valence electrons. The summed E-state index contributed by atoms with van der Waals surface area (Å²) in [6.07, 6.45) is -0.688. The maximum atomic E-state index is 10.4. The van der Waals surface area contributed by atoms with Crippen LogP contribution in [-0.2, 0) is 11.2 Å². The highest BCUT2D eigenvalue weighted by molar-refractivity contribution is 5.67. The first kappa shape index (κ1) is 15.5. The van der Waals surface area contributed by atoms with Crippen molar-refractivity contribution < 1.29 is 19.7 Å². The molecule has 0 saturated heterocycles. The minimum Gasteiger partial charge on any atom is -0.550 e. The molecular weight excluding hydrogens is 246 g/mol. The van der Waals surface area contributed by atoms with Crippen molar-refractivity contribution in [2.45, 2.75) is 32.4 Å². The van der Waals surface area contributed by atoms with Gasteiger partial charge in [-0.25, -0.2) is 0 Å². The van der Waals surface area contributed by atoms with E-state index in [1.807, 2.05) is 13.8 Å². The molecule has 1 atom stereocenters. The van der Waals surface area contributed by atoms with Crippen molar-refractivity contribution >= 4 is 5.97 Å².